The van der Waals surface area contributed by atoms with Gasteiger partial charge in [-0.05, 0) is 12.3 Å². The summed E-state index contributed by atoms with van der Waals surface area (Å²) in [6.45, 7) is 7.58. The van der Waals surface area contributed by atoms with Crippen LogP contribution in [0.1, 0.15) is 33.1 Å². The number of ether oxygens (including phenoxy) is 6. The number of thioether (sulfide) groups is 1. The fourth-order valence-corrected chi connectivity index (χ4v) is 4.62. The second-order valence-electron chi connectivity index (χ2n) is 11.2. The van der Waals surface area contributed by atoms with Crippen molar-refractivity contribution in [2.24, 2.45) is 17.4 Å². The molecule has 296 valence electrons. The second kappa shape index (κ2) is 31.6. The third-order valence-corrected chi connectivity index (χ3v) is 7.31. The summed E-state index contributed by atoms with van der Waals surface area (Å²) in [5, 5.41) is 24.9. The van der Waals surface area contributed by atoms with Gasteiger partial charge in [0.15, 0.2) is 0 Å². The minimum atomic E-state index is -1.27. The first-order valence-electron chi connectivity index (χ1n) is 16.5. The van der Waals surface area contributed by atoms with Crippen LogP contribution >= 0.6 is 11.8 Å². The van der Waals surface area contributed by atoms with E-state index in [1.165, 1.54) is 5.48 Å². The average molecular weight is 757 g/mol. The Bertz CT molecular complexity index is 1010. The van der Waals surface area contributed by atoms with Crippen LogP contribution in [0.15, 0.2) is 0 Å². The summed E-state index contributed by atoms with van der Waals surface area (Å²) in [6, 6.07) is -2.98. The summed E-state index contributed by atoms with van der Waals surface area (Å²) in [7, 11) is 0. The molecule has 51 heavy (non-hydrogen) atoms. The van der Waals surface area contributed by atoms with Gasteiger partial charge in [-0.25, -0.2) is 5.48 Å². The number of carboxylic acids is 1. The highest BCUT2D eigenvalue weighted by Crippen LogP contribution is 2.06. The lowest BCUT2D eigenvalue weighted by Gasteiger charge is -2.21. The van der Waals surface area contributed by atoms with Crippen LogP contribution in [-0.2, 0) is 57.2 Å². The standard InChI is InChI=1S/C30H56N6O14S/c1-21(2)17-22(31)29(42)35-24(19-51-20-26(38)36-44)30(43)33-4-6-46-8-10-48-12-14-50-16-15-49-13-11-47-9-7-45-5-3-25(37)34-23(28(32)41)18-27(39)40/h21-24,44H,3-20,31H2,1-2H3,(H2,32,41)(H,33,43)(H,34,37)(H,35,42)(H,36,38)(H,39,40)/t22-,23+,24-/m0/s1. The fraction of sp³-hybridized carbons (Fsp3) is 0.800. The molecule has 0 fully saturated rings. The van der Waals surface area contributed by atoms with Crippen LogP contribution in [0.4, 0.5) is 0 Å². The van der Waals surface area contributed by atoms with E-state index in [0.717, 1.165) is 11.8 Å². The van der Waals surface area contributed by atoms with E-state index in [9.17, 15) is 28.8 Å². The topological polar surface area (TPSA) is 298 Å². The van der Waals surface area contributed by atoms with Gasteiger partial charge in [-0.3, -0.25) is 34.0 Å². The third kappa shape index (κ3) is 29.2. The van der Waals surface area contributed by atoms with Crippen LogP contribution in [0.5, 0.6) is 0 Å². The first-order chi connectivity index (χ1) is 24.4. The molecule has 0 rings (SSSR count). The van der Waals surface area contributed by atoms with Crippen molar-refractivity contribution in [2.45, 2.75) is 51.2 Å². The summed E-state index contributed by atoms with van der Waals surface area (Å²) in [5.74, 6) is -4.07. The molecule has 0 heterocycles. The zero-order valence-corrected chi connectivity index (χ0v) is 30.2. The molecule has 0 spiro atoms. The highest BCUT2D eigenvalue weighted by Gasteiger charge is 2.24. The van der Waals surface area contributed by atoms with Crippen molar-refractivity contribution in [1.29, 1.82) is 0 Å². The molecule has 0 aliphatic rings. The maximum Gasteiger partial charge on any atom is 0.305 e. The maximum atomic E-state index is 12.7. The number of carbonyl (C=O) groups excluding carboxylic acids is 5. The lowest BCUT2D eigenvalue weighted by Crippen LogP contribution is -2.53. The summed E-state index contributed by atoms with van der Waals surface area (Å²) in [4.78, 5) is 70.0. The molecule has 0 aromatic heterocycles. The molecule has 0 saturated carbocycles. The zero-order chi connectivity index (χ0) is 38.3. The van der Waals surface area contributed by atoms with E-state index in [1.807, 2.05) is 13.8 Å². The van der Waals surface area contributed by atoms with Crippen LogP contribution in [-0.4, -0.2) is 161 Å². The van der Waals surface area contributed by atoms with E-state index in [1.54, 1.807) is 0 Å². The minimum absolute atomic E-state index is 0.0639. The number of primary amides is 1. The normalized spacial score (nSPS) is 12.9. The lowest BCUT2D eigenvalue weighted by atomic mass is 10.0. The Balaban J connectivity index is 3.77. The Kier molecular flexibility index (Phi) is 29.6. The molecule has 0 aliphatic carbocycles. The Labute approximate surface area is 302 Å². The van der Waals surface area contributed by atoms with Crippen LogP contribution in [0.2, 0.25) is 0 Å². The van der Waals surface area contributed by atoms with E-state index >= 15 is 0 Å². The van der Waals surface area contributed by atoms with Gasteiger partial charge in [0.2, 0.25) is 23.6 Å². The van der Waals surface area contributed by atoms with Gasteiger partial charge >= 0.3 is 5.97 Å². The Hall–Kier alpha value is -3.15. The number of nitrogens with two attached hydrogens (primary N) is 2. The molecule has 0 unspecified atom stereocenters. The van der Waals surface area contributed by atoms with Crippen LogP contribution in [0.3, 0.4) is 0 Å². The molecule has 0 radical (unpaired) electrons. The third-order valence-electron chi connectivity index (χ3n) is 6.27. The van der Waals surface area contributed by atoms with Crippen LogP contribution < -0.4 is 32.9 Å². The SMILES string of the molecule is CC(C)C[C@H](N)C(=O)N[C@@H](CSCC(=O)NO)C(=O)NCCOCCOCCOCCOCCOCCOCCC(=O)N[C@H](CC(=O)O)C(N)=O. The Morgan fingerprint density at radius 3 is 1.63 bits per heavy atom. The van der Waals surface area contributed by atoms with Crippen molar-refractivity contribution in [1.82, 2.24) is 21.4 Å². The molecular weight excluding hydrogens is 700 g/mol. The van der Waals surface area contributed by atoms with Crippen LogP contribution in [0, 0.1) is 5.92 Å². The van der Waals surface area contributed by atoms with E-state index in [2.05, 4.69) is 16.0 Å². The monoisotopic (exact) mass is 756 g/mol. The number of rotatable bonds is 34. The summed E-state index contributed by atoms with van der Waals surface area (Å²) < 4.78 is 32.3. The maximum absolute atomic E-state index is 12.7. The molecule has 5 amide bonds. The summed E-state index contributed by atoms with van der Waals surface area (Å²) >= 11 is 1.07. The molecule has 21 heteroatoms. The van der Waals surface area contributed by atoms with E-state index in [-0.39, 0.29) is 56.8 Å². The highest BCUT2D eigenvalue weighted by molar-refractivity contribution is 8.00. The predicted molar refractivity (Wildman–Crippen MR) is 183 cm³/mol. The van der Waals surface area contributed by atoms with Crippen molar-refractivity contribution < 1.29 is 67.5 Å². The number of nitrogens with one attached hydrogen (secondary N) is 4. The van der Waals surface area contributed by atoms with Gasteiger partial charge in [-0.1, -0.05) is 13.8 Å². The molecule has 0 aromatic rings. The quantitative estimate of drug-likeness (QED) is 0.0186. The molecule has 0 aromatic carbocycles. The van der Waals surface area contributed by atoms with Gasteiger partial charge in [0, 0.05) is 18.7 Å². The number of carbonyl (C=O) groups is 6. The lowest BCUT2D eigenvalue weighted by molar-refractivity contribution is -0.140. The molecule has 3 atom stereocenters. The van der Waals surface area contributed by atoms with Gasteiger partial charge in [0.25, 0.3) is 5.91 Å². The Morgan fingerprint density at radius 1 is 0.686 bits per heavy atom. The molecule has 20 nitrogen and oxygen atoms in total. The first kappa shape index (κ1) is 47.8. The minimum Gasteiger partial charge on any atom is -0.481 e. The summed E-state index contributed by atoms with van der Waals surface area (Å²) in [5.41, 5.74) is 12.5. The predicted octanol–water partition coefficient (Wildman–Crippen LogP) is -2.87. The largest absolute Gasteiger partial charge is 0.481 e. The smallest absolute Gasteiger partial charge is 0.305 e. The molecule has 0 aliphatic heterocycles. The number of hydrogen-bond acceptors (Lipinski definition) is 15. The van der Waals surface area contributed by atoms with E-state index in [4.69, 9.17) is 50.2 Å². The number of hydroxylamine groups is 1. The first-order valence-corrected chi connectivity index (χ1v) is 17.6. The van der Waals surface area contributed by atoms with Crippen molar-refractivity contribution >= 4 is 47.3 Å². The average Bonchev–Trinajstić information content (AvgIpc) is 3.07. The van der Waals surface area contributed by atoms with Crippen LogP contribution in [0.25, 0.3) is 0 Å². The number of aliphatic carboxylic acids is 1. The van der Waals surface area contributed by atoms with Crippen molar-refractivity contribution in [3.8, 4) is 0 Å². The van der Waals surface area contributed by atoms with Gasteiger partial charge in [-0.2, -0.15) is 0 Å². The van der Waals surface area contributed by atoms with E-state index in [0.29, 0.717) is 59.3 Å². The summed E-state index contributed by atoms with van der Waals surface area (Å²) in [6.07, 6.45) is -0.206. The highest BCUT2D eigenvalue weighted by atomic mass is 32.2. The second-order valence-corrected chi connectivity index (χ2v) is 12.2. The van der Waals surface area contributed by atoms with Gasteiger partial charge in [0.1, 0.15) is 12.1 Å². The van der Waals surface area contributed by atoms with Crippen molar-refractivity contribution in [2.75, 3.05) is 97.3 Å². The van der Waals surface area contributed by atoms with Gasteiger partial charge in [-0.15, -0.1) is 11.8 Å². The van der Waals surface area contributed by atoms with Gasteiger partial charge < -0.3 is 60.9 Å². The number of carboxylic acid groups (broad SMARTS) is 1. The van der Waals surface area contributed by atoms with Gasteiger partial charge in [0.05, 0.1) is 97.5 Å². The Morgan fingerprint density at radius 2 is 1.18 bits per heavy atom. The molecule has 0 bridgehead atoms. The molecule has 10 N–H and O–H groups in total. The fourth-order valence-electron chi connectivity index (χ4n) is 3.78. The molecular formula is C30H56N6O14S. The number of amides is 5. The van der Waals surface area contributed by atoms with Crippen molar-refractivity contribution in [3.05, 3.63) is 0 Å². The van der Waals surface area contributed by atoms with Crippen molar-refractivity contribution in [3.63, 3.8) is 0 Å². The zero-order valence-electron chi connectivity index (χ0n) is 29.4. The molecule has 0 saturated heterocycles. The number of hydrogen-bond donors (Lipinski definition) is 8. The van der Waals surface area contributed by atoms with E-state index < -0.39 is 60.1 Å².